The predicted octanol–water partition coefficient (Wildman–Crippen LogP) is 9.50. The number of hydrogen-bond acceptors (Lipinski definition) is 6. The molecule has 0 N–H and O–H groups in total. The Balaban J connectivity index is 1.24. The van der Waals surface area contributed by atoms with E-state index in [1.807, 2.05) is 91.0 Å². The van der Waals surface area contributed by atoms with E-state index in [1.165, 1.54) is 12.5 Å². The SMILES string of the molecule is CC(=O)Oc1cccc(-c2nc3cc(C4=Cc5nc(-c6ccccc6)c(-c6ccccc6)nc5CC4)ccc3nc2-c2ccccc2)c1. The predicted molar refractivity (Wildman–Crippen MR) is 191 cm³/mol. The minimum atomic E-state index is -0.371. The average molecular weight is 623 g/mol. The van der Waals surface area contributed by atoms with Crippen molar-refractivity contribution in [2.24, 2.45) is 0 Å². The third-order valence-corrected chi connectivity index (χ3v) is 8.49. The lowest BCUT2D eigenvalue weighted by Crippen LogP contribution is -2.07. The molecule has 7 aromatic rings. The number of esters is 1. The van der Waals surface area contributed by atoms with Gasteiger partial charge in [0.1, 0.15) is 5.75 Å². The van der Waals surface area contributed by atoms with Gasteiger partial charge in [-0.3, -0.25) is 4.79 Å². The third kappa shape index (κ3) is 5.76. The Morgan fingerprint density at radius 3 is 1.73 bits per heavy atom. The van der Waals surface area contributed by atoms with Crippen LogP contribution in [-0.2, 0) is 11.2 Å². The van der Waals surface area contributed by atoms with Crippen LogP contribution in [0.4, 0.5) is 0 Å². The minimum Gasteiger partial charge on any atom is -0.427 e. The van der Waals surface area contributed by atoms with Crippen molar-refractivity contribution in [1.82, 2.24) is 19.9 Å². The van der Waals surface area contributed by atoms with Crippen LogP contribution in [0.15, 0.2) is 133 Å². The molecule has 6 nitrogen and oxygen atoms in total. The number of benzene rings is 5. The van der Waals surface area contributed by atoms with Crippen LogP contribution in [0.25, 0.3) is 67.7 Å². The molecule has 0 saturated heterocycles. The van der Waals surface area contributed by atoms with Crippen molar-refractivity contribution in [3.63, 3.8) is 0 Å². The molecule has 230 valence electrons. The lowest BCUT2D eigenvalue weighted by molar-refractivity contribution is -0.131. The second-order valence-electron chi connectivity index (χ2n) is 11.8. The number of hydrogen-bond donors (Lipinski definition) is 0. The van der Waals surface area contributed by atoms with Gasteiger partial charge in [-0.25, -0.2) is 19.9 Å². The van der Waals surface area contributed by atoms with Crippen LogP contribution < -0.4 is 4.74 Å². The van der Waals surface area contributed by atoms with E-state index in [9.17, 15) is 4.79 Å². The molecule has 0 atom stereocenters. The largest absolute Gasteiger partial charge is 0.427 e. The number of aryl methyl sites for hydroxylation is 1. The van der Waals surface area contributed by atoms with Crippen LogP contribution in [0.5, 0.6) is 5.75 Å². The van der Waals surface area contributed by atoms with Crippen LogP contribution in [0.2, 0.25) is 0 Å². The van der Waals surface area contributed by atoms with E-state index in [0.717, 1.165) is 85.9 Å². The molecule has 0 spiro atoms. The van der Waals surface area contributed by atoms with Gasteiger partial charge < -0.3 is 4.74 Å². The molecule has 0 aliphatic heterocycles. The highest BCUT2D eigenvalue weighted by Gasteiger charge is 2.21. The van der Waals surface area contributed by atoms with Crippen molar-refractivity contribution in [1.29, 1.82) is 0 Å². The van der Waals surface area contributed by atoms with Gasteiger partial charge in [-0.15, -0.1) is 0 Å². The molecule has 6 heteroatoms. The van der Waals surface area contributed by atoms with Gasteiger partial charge in [0.05, 0.1) is 45.2 Å². The van der Waals surface area contributed by atoms with Crippen molar-refractivity contribution in [2.45, 2.75) is 19.8 Å². The summed E-state index contributed by atoms with van der Waals surface area (Å²) in [5, 5.41) is 0. The van der Waals surface area contributed by atoms with Crippen LogP contribution >= 0.6 is 0 Å². The quantitative estimate of drug-likeness (QED) is 0.136. The summed E-state index contributed by atoms with van der Waals surface area (Å²) in [6.45, 7) is 1.40. The Bertz CT molecular complexity index is 2340. The Kier molecular flexibility index (Phi) is 7.59. The highest BCUT2D eigenvalue weighted by Crippen LogP contribution is 2.37. The van der Waals surface area contributed by atoms with Crippen molar-refractivity contribution in [3.05, 3.63) is 150 Å². The zero-order valence-electron chi connectivity index (χ0n) is 26.3. The summed E-state index contributed by atoms with van der Waals surface area (Å²) in [7, 11) is 0. The molecule has 0 radical (unpaired) electrons. The topological polar surface area (TPSA) is 77.9 Å². The van der Waals surface area contributed by atoms with Gasteiger partial charge in [-0.1, -0.05) is 109 Å². The van der Waals surface area contributed by atoms with E-state index in [4.69, 9.17) is 24.7 Å². The molecule has 0 unspecified atom stereocenters. The molecule has 8 rings (SSSR count). The second-order valence-corrected chi connectivity index (χ2v) is 11.8. The molecule has 5 aromatic carbocycles. The summed E-state index contributed by atoms with van der Waals surface area (Å²) in [4.78, 5) is 32.4. The zero-order chi connectivity index (χ0) is 32.5. The van der Waals surface area contributed by atoms with Crippen molar-refractivity contribution in [3.8, 4) is 50.8 Å². The van der Waals surface area contributed by atoms with Gasteiger partial charge in [-0.05, 0) is 54.3 Å². The molecule has 0 fully saturated rings. The van der Waals surface area contributed by atoms with Crippen molar-refractivity contribution in [2.75, 3.05) is 0 Å². The Morgan fingerprint density at radius 2 is 1.08 bits per heavy atom. The molecule has 1 aliphatic carbocycles. The van der Waals surface area contributed by atoms with E-state index in [1.54, 1.807) is 6.07 Å². The molecule has 1 aliphatic rings. The maximum Gasteiger partial charge on any atom is 0.308 e. The first-order valence-electron chi connectivity index (χ1n) is 16.0. The van der Waals surface area contributed by atoms with Crippen molar-refractivity contribution >= 4 is 28.7 Å². The molecule has 0 bridgehead atoms. The monoisotopic (exact) mass is 622 g/mol. The Morgan fingerprint density at radius 1 is 0.521 bits per heavy atom. The molecule has 2 heterocycles. The van der Waals surface area contributed by atoms with Crippen LogP contribution in [0, 0.1) is 0 Å². The number of carbonyl (C=O) groups excluding carboxylic acids is 1. The summed E-state index contributed by atoms with van der Waals surface area (Å²) in [6.07, 6.45) is 3.79. The van der Waals surface area contributed by atoms with Gasteiger partial charge in [0.2, 0.25) is 0 Å². The standard InChI is InChI=1S/C42H30N4O2/c1-27(47)48-34-19-11-18-33(24-34)42-41(30-16-9-4-10-17-30)44-36-23-21-32(26-38(36)46-42)31-20-22-35-37(25-31)45-40(29-14-7-3-8-15-29)39(43-35)28-12-5-2-6-13-28/h2-19,21,23-26H,20,22H2,1H3. The Hall–Kier alpha value is -6.27. The Labute approximate surface area is 278 Å². The van der Waals surface area contributed by atoms with Crippen LogP contribution in [0.3, 0.4) is 0 Å². The molecule has 2 aromatic heterocycles. The fraction of sp³-hybridized carbons (Fsp3) is 0.0714. The minimum absolute atomic E-state index is 0.371. The number of carbonyl (C=O) groups is 1. The molecular weight excluding hydrogens is 592 g/mol. The van der Waals surface area contributed by atoms with E-state index >= 15 is 0 Å². The second kappa shape index (κ2) is 12.5. The number of rotatable bonds is 6. The first kappa shape index (κ1) is 29.2. The highest BCUT2D eigenvalue weighted by molar-refractivity contribution is 5.91. The van der Waals surface area contributed by atoms with Gasteiger partial charge in [0.25, 0.3) is 0 Å². The first-order valence-corrected chi connectivity index (χ1v) is 16.0. The summed E-state index contributed by atoms with van der Waals surface area (Å²) < 4.78 is 5.40. The summed E-state index contributed by atoms with van der Waals surface area (Å²) in [5.41, 5.74) is 12.8. The number of fused-ring (bicyclic) bond motifs is 2. The molecule has 0 amide bonds. The maximum absolute atomic E-state index is 11.7. The fourth-order valence-corrected chi connectivity index (χ4v) is 6.22. The lowest BCUT2D eigenvalue weighted by atomic mass is 9.92. The summed E-state index contributed by atoms with van der Waals surface area (Å²) in [5.74, 6) is 0.0935. The van der Waals surface area contributed by atoms with Gasteiger partial charge in [0.15, 0.2) is 0 Å². The number of ether oxygens (including phenoxy) is 1. The maximum atomic E-state index is 11.7. The van der Waals surface area contributed by atoms with E-state index < -0.39 is 0 Å². The van der Waals surface area contributed by atoms with E-state index in [0.29, 0.717) is 5.75 Å². The molecular formula is C42H30N4O2. The lowest BCUT2D eigenvalue weighted by Gasteiger charge is -2.19. The highest BCUT2D eigenvalue weighted by atomic mass is 16.5. The summed E-state index contributed by atoms with van der Waals surface area (Å²) >= 11 is 0. The molecule has 48 heavy (non-hydrogen) atoms. The summed E-state index contributed by atoms with van der Waals surface area (Å²) in [6, 6.07) is 44.3. The zero-order valence-corrected chi connectivity index (χ0v) is 26.3. The van der Waals surface area contributed by atoms with E-state index in [-0.39, 0.29) is 5.97 Å². The van der Waals surface area contributed by atoms with Crippen LogP contribution in [0.1, 0.15) is 30.3 Å². The van der Waals surface area contributed by atoms with Gasteiger partial charge >= 0.3 is 5.97 Å². The first-order chi connectivity index (χ1) is 23.6. The van der Waals surface area contributed by atoms with Crippen molar-refractivity contribution < 1.29 is 9.53 Å². The number of allylic oxidation sites excluding steroid dienone is 1. The third-order valence-electron chi connectivity index (χ3n) is 8.49. The number of nitrogens with zero attached hydrogens (tertiary/aromatic N) is 4. The molecule has 0 saturated carbocycles. The van der Waals surface area contributed by atoms with E-state index in [2.05, 4.69) is 42.5 Å². The average Bonchev–Trinajstić information content (AvgIpc) is 3.14. The van der Waals surface area contributed by atoms with Crippen LogP contribution in [-0.4, -0.2) is 25.9 Å². The smallest absolute Gasteiger partial charge is 0.308 e. The number of aromatic nitrogens is 4. The fourth-order valence-electron chi connectivity index (χ4n) is 6.22. The van der Waals surface area contributed by atoms with Gasteiger partial charge in [-0.2, -0.15) is 0 Å². The normalized spacial score (nSPS) is 12.3. The van der Waals surface area contributed by atoms with Gasteiger partial charge in [0, 0.05) is 29.2 Å².